The Bertz CT molecular complexity index is 700. The van der Waals surface area contributed by atoms with Gasteiger partial charge >= 0.3 is 0 Å². The molecule has 2 aromatic carbocycles. The Labute approximate surface area is 146 Å². The van der Waals surface area contributed by atoms with E-state index in [0.29, 0.717) is 18.9 Å². The number of hydrazone groups is 1. The van der Waals surface area contributed by atoms with Crippen molar-refractivity contribution in [3.63, 3.8) is 0 Å². The first-order valence-electron chi connectivity index (χ1n) is 8.00. The van der Waals surface area contributed by atoms with E-state index in [2.05, 4.69) is 10.5 Å². The van der Waals surface area contributed by atoms with Crippen LogP contribution in [-0.4, -0.2) is 29.7 Å². The van der Waals surface area contributed by atoms with E-state index in [4.69, 9.17) is 4.74 Å². The van der Waals surface area contributed by atoms with Gasteiger partial charge in [-0.1, -0.05) is 42.5 Å². The Balaban J connectivity index is 1.45. The minimum absolute atomic E-state index is 0.0889. The molecule has 1 aliphatic heterocycles. The third-order valence-electron chi connectivity index (χ3n) is 3.65. The zero-order chi connectivity index (χ0) is 16.6. The molecule has 0 unspecified atom stereocenters. The topological polar surface area (TPSA) is 50.7 Å². The van der Waals surface area contributed by atoms with Crippen molar-refractivity contribution in [1.82, 2.24) is 5.43 Å². The molecule has 0 spiro atoms. The van der Waals surface area contributed by atoms with Crippen molar-refractivity contribution in [3.8, 4) is 5.75 Å². The van der Waals surface area contributed by atoms with Crippen LogP contribution in [0.2, 0.25) is 0 Å². The number of nitrogens with one attached hydrogen (secondary N) is 1. The van der Waals surface area contributed by atoms with E-state index in [9.17, 15) is 4.79 Å². The molecule has 0 atom stereocenters. The predicted molar refractivity (Wildman–Crippen MR) is 98.7 cm³/mol. The molecule has 0 bridgehead atoms. The van der Waals surface area contributed by atoms with Crippen LogP contribution in [0.4, 0.5) is 0 Å². The normalized spacial score (nSPS) is 14.3. The molecule has 0 aromatic heterocycles. The summed E-state index contributed by atoms with van der Waals surface area (Å²) in [6.07, 6.45) is 3.09. The van der Waals surface area contributed by atoms with Crippen molar-refractivity contribution >= 4 is 23.9 Å². The van der Waals surface area contributed by atoms with Gasteiger partial charge in [0.05, 0.1) is 6.21 Å². The molecule has 1 saturated heterocycles. The average molecular weight is 340 g/mol. The van der Waals surface area contributed by atoms with E-state index in [0.717, 1.165) is 28.4 Å². The molecule has 3 rings (SSSR count). The fourth-order valence-electron chi connectivity index (χ4n) is 2.28. The van der Waals surface area contributed by atoms with Crippen LogP contribution in [0.3, 0.4) is 0 Å². The molecule has 1 fully saturated rings. The van der Waals surface area contributed by atoms with E-state index < -0.39 is 0 Å². The minimum atomic E-state index is -0.0889. The second-order valence-electron chi connectivity index (χ2n) is 5.63. The zero-order valence-corrected chi connectivity index (χ0v) is 14.2. The molecular formula is C19H20N2O2S. The van der Waals surface area contributed by atoms with E-state index >= 15 is 0 Å². The molecule has 2 aromatic rings. The summed E-state index contributed by atoms with van der Waals surface area (Å²) in [5.74, 6) is 2.86. The number of rotatable bonds is 7. The van der Waals surface area contributed by atoms with Crippen LogP contribution in [0.5, 0.6) is 5.75 Å². The van der Waals surface area contributed by atoms with Gasteiger partial charge in [-0.2, -0.15) is 16.9 Å². The maximum absolute atomic E-state index is 11.8. The Kier molecular flexibility index (Phi) is 5.90. The molecule has 1 aliphatic rings. The van der Waals surface area contributed by atoms with Crippen LogP contribution in [-0.2, 0) is 11.2 Å². The number of aryl methyl sites for hydroxylation is 1. The summed E-state index contributed by atoms with van der Waals surface area (Å²) < 4.78 is 5.84. The van der Waals surface area contributed by atoms with Gasteiger partial charge in [-0.15, -0.1) is 0 Å². The molecule has 24 heavy (non-hydrogen) atoms. The second kappa shape index (κ2) is 8.55. The van der Waals surface area contributed by atoms with Gasteiger partial charge in [-0.25, -0.2) is 5.43 Å². The van der Waals surface area contributed by atoms with Crippen molar-refractivity contribution in [2.75, 3.05) is 11.5 Å². The van der Waals surface area contributed by atoms with Gasteiger partial charge in [0.25, 0.3) is 0 Å². The van der Waals surface area contributed by atoms with Gasteiger partial charge in [-0.3, -0.25) is 4.79 Å². The molecule has 0 radical (unpaired) electrons. The van der Waals surface area contributed by atoms with E-state index in [1.165, 1.54) is 0 Å². The van der Waals surface area contributed by atoms with Crippen LogP contribution in [0.25, 0.3) is 0 Å². The lowest BCUT2D eigenvalue weighted by Gasteiger charge is -2.25. The number of amides is 1. The lowest BCUT2D eigenvalue weighted by molar-refractivity contribution is -0.121. The zero-order valence-electron chi connectivity index (χ0n) is 13.4. The Morgan fingerprint density at radius 3 is 2.79 bits per heavy atom. The first-order valence-corrected chi connectivity index (χ1v) is 9.15. The summed E-state index contributed by atoms with van der Waals surface area (Å²) in [7, 11) is 0. The number of thioether (sulfide) groups is 1. The van der Waals surface area contributed by atoms with Gasteiger partial charge in [0.15, 0.2) is 0 Å². The largest absolute Gasteiger partial charge is 0.489 e. The fraction of sp³-hybridized carbons (Fsp3) is 0.263. The van der Waals surface area contributed by atoms with Gasteiger partial charge in [0.1, 0.15) is 11.9 Å². The predicted octanol–water partition coefficient (Wildman–Crippen LogP) is 3.26. The molecule has 0 saturated carbocycles. The molecular weight excluding hydrogens is 320 g/mol. The lowest BCUT2D eigenvalue weighted by Crippen LogP contribution is -2.31. The summed E-state index contributed by atoms with van der Waals surface area (Å²) in [4.78, 5) is 11.8. The highest BCUT2D eigenvalue weighted by Crippen LogP contribution is 2.24. The maximum atomic E-state index is 11.8. The molecule has 0 aliphatic carbocycles. The first kappa shape index (κ1) is 16.6. The Morgan fingerprint density at radius 2 is 2.04 bits per heavy atom. The minimum Gasteiger partial charge on any atom is -0.489 e. The number of nitrogens with zero attached hydrogens (tertiary/aromatic N) is 1. The number of carbonyl (C=O) groups is 1. The Hall–Kier alpha value is -2.27. The van der Waals surface area contributed by atoms with Crippen LogP contribution >= 0.6 is 11.8 Å². The standard InChI is InChI=1S/C19H20N2O2S/c22-19(10-9-15-5-2-1-3-6-15)21-20-12-16-7-4-8-17(11-16)23-18-13-24-14-18/h1-8,11-12,18H,9-10,13-14H2,(H,21,22)/b20-12-. The first-order chi connectivity index (χ1) is 11.8. The maximum Gasteiger partial charge on any atom is 0.240 e. The smallest absolute Gasteiger partial charge is 0.240 e. The van der Waals surface area contributed by atoms with Gasteiger partial charge in [0, 0.05) is 17.9 Å². The Morgan fingerprint density at radius 1 is 1.21 bits per heavy atom. The summed E-state index contributed by atoms with van der Waals surface area (Å²) >= 11 is 1.89. The molecule has 1 amide bonds. The molecule has 4 nitrogen and oxygen atoms in total. The van der Waals surface area contributed by atoms with Gasteiger partial charge in [0.2, 0.25) is 5.91 Å². The monoisotopic (exact) mass is 340 g/mol. The highest BCUT2D eigenvalue weighted by molar-refractivity contribution is 8.00. The van der Waals surface area contributed by atoms with E-state index in [1.807, 2.05) is 66.4 Å². The highest BCUT2D eigenvalue weighted by Gasteiger charge is 2.19. The summed E-state index contributed by atoms with van der Waals surface area (Å²) in [6, 6.07) is 17.7. The summed E-state index contributed by atoms with van der Waals surface area (Å²) in [6.45, 7) is 0. The molecule has 5 heteroatoms. The summed E-state index contributed by atoms with van der Waals surface area (Å²) in [5, 5.41) is 4.02. The van der Waals surface area contributed by atoms with E-state index in [-0.39, 0.29) is 5.91 Å². The fourth-order valence-corrected chi connectivity index (χ4v) is 2.84. The third kappa shape index (κ3) is 5.13. The van der Waals surface area contributed by atoms with Crippen molar-refractivity contribution in [2.45, 2.75) is 18.9 Å². The molecule has 1 heterocycles. The number of hydrogen-bond acceptors (Lipinski definition) is 4. The van der Waals surface area contributed by atoms with Crippen LogP contribution in [0.1, 0.15) is 17.5 Å². The van der Waals surface area contributed by atoms with Crippen LogP contribution < -0.4 is 10.2 Å². The lowest BCUT2D eigenvalue weighted by atomic mass is 10.1. The number of carbonyl (C=O) groups excluding carboxylic acids is 1. The van der Waals surface area contributed by atoms with Crippen molar-refractivity contribution in [1.29, 1.82) is 0 Å². The second-order valence-corrected chi connectivity index (χ2v) is 6.70. The van der Waals surface area contributed by atoms with E-state index in [1.54, 1.807) is 6.21 Å². The van der Waals surface area contributed by atoms with Crippen molar-refractivity contribution in [2.24, 2.45) is 5.10 Å². The molecule has 1 N–H and O–H groups in total. The highest BCUT2D eigenvalue weighted by atomic mass is 32.2. The quantitative estimate of drug-likeness (QED) is 0.622. The third-order valence-corrected chi connectivity index (χ3v) is 4.87. The molecule has 124 valence electrons. The SMILES string of the molecule is O=C(CCc1ccccc1)N/N=C\c1cccc(OC2CSC2)c1. The average Bonchev–Trinajstić information content (AvgIpc) is 2.58. The summed E-state index contributed by atoms with van der Waals surface area (Å²) in [5.41, 5.74) is 4.62. The van der Waals surface area contributed by atoms with Crippen LogP contribution in [0, 0.1) is 0 Å². The van der Waals surface area contributed by atoms with Crippen molar-refractivity contribution in [3.05, 3.63) is 65.7 Å². The van der Waals surface area contributed by atoms with Crippen LogP contribution in [0.15, 0.2) is 59.7 Å². The number of ether oxygens (including phenoxy) is 1. The number of benzene rings is 2. The van der Waals surface area contributed by atoms with Gasteiger partial charge < -0.3 is 4.74 Å². The number of hydrogen-bond donors (Lipinski definition) is 1. The van der Waals surface area contributed by atoms with Crippen molar-refractivity contribution < 1.29 is 9.53 Å². The van der Waals surface area contributed by atoms with Gasteiger partial charge in [-0.05, 0) is 29.7 Å².